The lowest BCUT2D eigenvalue weighted by atomic mass is 9.93. The van der Waals surface area contributed by atoms with Gasteiger partial charge in [0, 0.05) is 24.2 Å². The first-order valence-corrected chi connectivity index (χ1v) is 14.0. The minimum Gasteiger partial charge on any atom is -0.457 e. The average molecular weight is 660 g/mol. The molecular weight excluding hydrogens is 633 g/mol. The Morgan fingerprint density at radius 1 is 0.739 bits per heavy atom. The van der Waals surface area contributed by atoms with Gasteiger partial charge in [-0.25, -0.2) is 4.79 Å². The summed E-state index contributed by atoms with van der Waals surface area (Å²) in [6, 6.07) is 6.71. The van der Waals surface area contributed by atoms with Gasteiger partial charge in [0.2, 0.25) is 0 Å². The average Bonchev–Trinajstić information content (AvgIpc) is 3.43. The van der Waals surface area contributed by atoms with Gasteiger partial charge in [-0.05, 0) is 60.3 Å². The van der Waals surface area contributed by atoms with Crippen molar-refractivity contribution in [3.63, 3.8) is 0 Å². The van der Waals surface area contributed by atoms with E-state index in [1.807, 2.05) is 0 Å². The van der Waals surface area contributed by atoms with E-state index in [-0.39, 0.29) is 33.9 Å². The van der Waals surface area contributed by atoms with Crippen LogP contribution in [0.1, 0.15) is 35.1 Å². The van der Waals surface area contributed by atoms with Crippen molar-refractivity contribution in [2.24, 2.45) is 0 Å². The number of hydrogen-bond donors (Lipinski definition) is 2. The van der Waals surface area contributed by atoms with Gasteiger partial charge in [-0.1, -0.05) is 36.4 Å². The second kappa shape index (κ2) is 12.9. The first kappa shape index (κ1) is 33.2. The number of aromatic nitrogens is 3. The first-order chi connectivity index (χ1) is 21.6. The van der Waals surface area contributed by atoms with Crippen molar-refractivity contribution >= 4 is 17.1 Å². The summed E-state index contributed by atoms with van der Waals surface area (Å²) >= 11 is 0. The molecule has 16 heteroatoms. The Kier molecular flexibility index (Phi) is 9.31. The molecule has 0 radical (unpaired) electrons. The SMILES string of the molecule is O=C(OCCn1c(-c2ccc(C3=CCNCC3)c(C(F)(F)F)c2)nnc1-c1ccc(C2=CCNCC2)c(C(F)(F)F)c1)C(F)(F)F. The molecule has 46 heavy (non-hydrogen) atoms. The number of carbonyl (C=O) groups is 1. The van der Waals surface area contributed by atoms with E-state index in [1.54, 1.807) is 12.2 Å². The Hall–Kier alpha value is -4.18. The smallest absolute Gasteiger partial charge is 0.457 e. The molecule has 0 unspecified atom stereocenters. The van der Waals surface area contributed by atoms with E-state index in [1.165, 1.54) is 24.3 Å². The number of alkyl halides is 9. The zero-order valence-electron chi connectivity index (χ0n) is 23.8. The number of hydrogen-bond acceptors (Lipinski definition) is 6. The third-order valence-electron chi connectivity index (χ3n) is 7.52. The van der Waals surface area contributed by atoms with E-state index in [0.717, 1.165) is 16.7 Å². The molecule has 246 valence electrons. The molecule has 0 atom stereocenters. The zero-order valence-corrected chi connectivity index (χ0v) is 23.8. The van der Waals surface area contributed by atoms with Crippen molar-refractivity contribution in [3.8, 4) is 22.8 Å². The van der Waals surface area contributed by atoms with Crippen LogP contribution in [0.25, 0.3) is 33.9 Å². The largest absolute Gasteiger partial charge is 0.490 e. The molecule has 0 amide bonds. The molecule has 1 aromatic heterocycles. The van der Waals surface area contributed by atoms with Crippen molar-refractivity contribution in [2.75, 3.05) is 32.8 Å². The lowest BCUT2D eigenvalue weighted by molar-refractivity contribution is -0.199. The lowest BCUT2D eigenvalue weighted by Gasteiger charge is -2.20. The van der Waals surface area contributed by atoms with Crippen molar-refractivity contribution in [1.82, 2.24) is 25.4 Å². The maximum absolute atomic E-state index is 14.3. The Labute approximate surface area is 256 Å². The summed E-state index contributed by atoms with van der Waals surface area (Å²) in [5.41, 5.74) is -1.53. The summed E-state index contributed by atoms with van der Waals surface area (Å²) in [6.07, 6.45) is -11.0. The van der Waals surface area contributed by atoms with Crippen LogP contribution in [0, 0.1) is 0 Å². The molecule has 3 aromatic rings. The molecule has 7 nitrogen and oxygen atoms in total. The minimum absolute atomic E-state index is 0.0687. The van der Waals surface area contributed by atoms with E-state index in [4.69, 9.17) is 0 Å². The fourth-order valence-corrected chi connectivity index (χ4v) is 5.38. The van der Waals surface area contributed by atoms with Crippen LogP contribution in [-0.2, 0) is 28.4 Å². The highest BCUT2D eigenvalue weighted by atomic mass is 19.4. The third-order valence-corrected chi connectivity index (χ3v) is 7.52. The maximum Gasteiger partial charge on any atom is 0.490 e. The van der Waals surface area contributed by atoms with E-state index in [0.29, 0.717) is 50.2 Å². The highest BCUT2D eigenvalue weighted by molar-refractivity contribution is 5.76. The van der Waals surface area contributed by atoms with Gasteiger partial charge >= 0.3 is 24.5 Å². The van der Waals surface area contributed by atoms with Crippen LogP contribution >= 0.6 is 0 Å². The number of carbonyl (C=O) groups excluding carboxylic acids is 1. The van der Waals surface area contributed by atoms with Gasteiger partial charge in [0.25, 0.3) is 0 Å². The summed E-state index contributed by atoms with van der Waals surface area (Å²) in [7, 11) is 0. The Morgan fingerprint density at radius 2 is 1.20 bits per heavy atom. The van der Waals surface area contributed by atoms with E-state index in [2.05, 4.69) is 25.6 Å². The van der Waals surface area contributed by atoms with Gasteiger partial charge in [0.15, 0.2) is 11.6 Å². The molecule has 0 fully saturated rings. The van der Waals surface area contributed by atoms with Gasteiger partial charge in [-0.2, -0.15) is 39.5 Å². The molecule has 2 aliphatic heterocycles. The summed E-state index contributed by atoms with van der Waals surface area (Å²) in [4.78, 5) is 11.3. The van der Waals surface area contributed by atoms with Crippen molar-refractivity contribution in [1.29, 1.82) is 0 Å². The van der Waals surface area contributed by atoms with Crippen molar-refractivity contribution in [2.45, 2.75) is 37.9 Å². The molecule has 2 N–H and O–H groups in total. The number of halogens is 9. The summed E-state index contributed by atoms with van der Waals surface area (Å²) in [6.45, 7) is 0.132. The predicted octanol–water partition coefficient (Wildman–Crippen LogP) is 6.51. The molecule has 5 rings (SSSR count). The van der Waals surface area contributed by atoms with E-state index in [9.17, 15) is 44.3 Å². The van der Waals surface area contributed by atoms with Crippen molar-refractivity contribution in [3.05, 3.63) is 70.8 Å². The van der Waals surface area contributed by atoms with E-state index < -0.39 is 48.8 Å². The van der Waals surface area contributed by atoms with Crippen LogP contribution in [-0.4, -0.2) is 59.7 Å². The number of nitrogens with zero attached hydrogens (tertiary/aromatic N) is 3. The fraction of sp³-hybridized carbons (Fsp3) is 0.367. The minimum atomic E-state index is -5.32. The number of benzene rings is 2. The molecular formula is C30H26F9N5O2. The third kappa shape index (κ3) is 7.28. The maximum atomic E-state index is 14.3. The second-order valence-electron chi connectivity index (χ2n) is 10.5. The monoisotopic (exact) mass is 659 g/mol. The molecule has 2 aliphatic rings. The number of ether oxygens (including phenoxy) is 1. The van der Waals surface area contributed by atoms with Gasteiger partial charge in [-0.15, -0.1) is 10.2 Å². The van der Waals surface area contributed by atoms with E-state index >= 15 is 0 Å². The topological polar surface area (TPSA) is 81.1 Å². The molecule has 0 saturated carbocycles. The normalized spacial score (nSPS) is 16.2. The first-order valence-electron chi connectivity index (χ1n) is 14.0. The molecule has 2 aromatic carbocycles. The summed E-state index contributed by atoms with van der Waals surface area (Å²) in [5, 5.41) is 13.9. The Bertz CT molecular complexity index is 1570. The van der Waals surface area contributed by atoms with Crippen LogP contribution in [0.15, 0.2) is 48.6 Å². The van der Waals surface area contributed by atoms with Crippen LogP contribution in [0.2, 0.25) is 0 Å². The van der Waals surface area contributed by atoms with Crippen LogP contribution in [0.3, 0.4) is 0 Å². The Balaban J connectivity index is 1.62. The highest BCUT2D eigenvalue weighted by Crippen LogP contribution is 2.41. The zero-order chi connectivity index (χ0) is 33.3. The molecule has 0 saturated heterocycles. The number of rotatable bonds is 7. The summed E-state index contributed by atoms with van der Waals surface area (Å²) in [5.74, 6) is -3.08. The standard InChI is InChI=1S/C30H26F9N5O2/c31-28(32,33)23-15-19(1-3-21(23)17-5-9-40-10-6-17)25-42-43-26(44(25)13-14-46-27(45)30(37,38)39)20-2-4-22(18-7-11-41-12-8-18)24(16-20)29(34,35)36/h1-5,7,15-16,40-41H,6,8-14H2. The molecule has 0 spiro atoms. The highest BCUT2D eigenvalue weighted by Gasteiger charge is 2.41. The number of esters is 1. The summed E-state index contributed by atoms with van der Waals surface area (Å²) < 4.78 is 129. The van der Waals surface area contributed by atoms with Gasteiger partial charge in [-0.3, -0.25) is 0 Å². The van der Waals surface area contributed by atoms with Crippen LogP contribution in [0.5, 0.6) is 0 Å². The Morgan fingerprint density at radius 3 is 1.57 bits per heavy atom. The second-order valence-corrected chi connectivity index (χ2v) is 10.5. The van der Waals surface area contributed by atoms with Gasteiger partial charge in [0.05, 0.1) is 17.7 Å². The molecule has 3 heterocycles. The number of nitrogens with one attached hydrogen (secondary N) is 2. The van der Waals surface area contributed by atoms with Gasteiger partial charge in [0.1, 0.15) is 6.61 Å². The fourth-order valence-electron chi connectivity index (χ4n) is 5.38. The van der Waals surface area contributed by atoms with Crippen LogP contribution in [0.4, 0.5) is 39.5 Å². The van der Waals surface area contributed by atoms with Gasteiger partial charge < -0.3 is 19.9 Å². The quantitative estimate of drug-likeness (QED) is 0.223. The predicted molar refractivity (Wildman–Crippen MR) is 149 cm³/mol. The van der Waals surface area contributed by atoms with Crippen LogP contribution < -0.4 is 10.6 Å². The molecule has 0 aliphatic carbocycles. The lowest BCUT2D eigenvalue weighted by Crippen LogP contribution is -2.26. The van der Waals surface area contributed by atoms with Crippen molar-refractivity contribution < 1.29 is 49.0 Å². The molecule has 0 bridgehead atoms.